The van der Waals surface area contributed by atoms with Crippen molar-refractivity contribution in [2.24, 2.45) is 0 Å². The molecule has 0 aliphatic rings. The summed E-state index contributed by atoms with van der Waals surface area (Å²) in [6, 6.07) is 12.8. The lowest BCUT2D eigenvalue weighted by molar-refractivity contribution is 0.581. The van der Waals surface area contributed by atoms with Crippen molar-refractivity contribution < 1.29 is 8.42 Å². The van der Waals surface area contributed by atoms with Gasteiger partial charge in [0.1, 0.15) is 4.90 Å². The lowest BCUT2D eigenvalue weighted by Gasteiger charge is -2.09. The summed E-state index contributed by atoms with van der Waals surface area (Å²) in [5.74, 6) is 0. The van der Waals surface area contributed by atoms with Gasteiger partial charge in [0.05, 0.1) is 16.7 Å². The Morgan fingerprint density at radius 1 is 1.24 bits per heavy atom. The molecule has 7 heteroatoms. The summed E-state index contributed by atoms with van der Waals surface area (Å²) in [7, 11) is -3.76. The average Bonchev–Trinajstić information content (AvgIpc) is 2.45. The van der Waals surface area contributed by atoms with Crippen LogP contribution in [0.25, 0.3) is 0 Å². The number of nitrogens with one attached hydrogen (secondary N) is 1. The largest absolute Gasteiger partial charge is 0.399 e. The summed E-state index contributed by atoms with van der Waals surface area (Å²) < 4.78 is 26.8. The molecular weight excluding hydrogens is 310 g/mol. The number of sulfonamides is 1. The molecule has 2 aromatic rings. The van der Waals surface area contributed by atoms with Crippen LogP contribution in [0.1, 0.15) is 11.1 Å². The second kappa shape index (κ2) is 6.14. The molecule has 0 atom stereocenters. The van der Waals surface area contributed by atoms with Crippen LogP contribution in [0.5, 0.6) is 0 Å². The maximum absolute atomic E-state index is 12.2. The summed E-state index contributed by atoms with van der Waals surface area (Å²) in [6.07, 6.45) is 0. The molecule has 0 heterocycles. The van der Waals surface area contributed by atoms with E-state index >= 15 is 0 Å². The van der Waals surface area contributed by atoms with E-state index < -0.39 is 10.0 Å². The SMILES string of the molecule is N#Cc1ccc(S(=O)(=O)NCc2cccc(N)c2)c(Cl)c1. The minimum Gasteiger partial charge on any atom is -0.399 e. The Balaban J connectivity index is 2.21. The van der Waals surface area contributed by atoms with E-state index in [1.54, 1.807) is 24.3 Å². The van der Waals surface area contributed by atoms with Gasteiger partial charge in [-0.05, 0) is 35.9 Å². The van der Waals surface area contributed by atoms with E-state index in [-0.39, 0.29) is 16.5 Å². The molecule has 0 amide bonds. The van der Waals surface area contributed by atoms with Crippen molar-refractivity contribution in [3.63, 3.8) is 0 Å². The number of hydrogen-bond acceptors (Lipinski definition) is 4. The molecule has 0 saturated carbocycles. The van der Waals surface area contributed by atoms with Gasteiger partial charge in [-0.15, -0.1) is 0 Å². The molecule has 0 fully saturated rings. The number of nitrogen functional groups attached to an aromatic ring is 1. The third-order valence-corrected chi connectivity index (χ3v) is 4.65. The lowest BCUT2D eigenvalue weighted by atomic mass is 10.2. The first-order chi connectivity index (χ1) is 9.92. The summed E-state index contributed by atoms with van der Waals surface area (Å²) in [4.78, 5) is -0.0629. The monoisotopic (exact) mass is 321 g/mol. The lowest BCUT2D eigenvalue weighted by Crippen LogP contribution is -2.23. The Kier molecular flexibility index (Phi) is 4.48. The van der Waals surface area contributed by atoms with Gasteiger partial charge >= 0.3 is 0 Å². The minimum atomic E-state index is -3.76. The Morgan fingerprint density at radius 2 is 2.00 bits per heavy atom. The third kappa shape index (κ3) is 3.73. The van der Waals surface area contributed by atoms with Crippen LogP contribution >= 0.6 is 11.6 Å². The van der Waals surface area contributed by atoms with Gasteiger partial charge in [0.2, 0.25) is 10.0 Å². The van der Waals surface area contributed by atoms with Gasteiger partial charge in [-0.3, -0.25) is 0 Å². The first kappa shape index (κ1) is 15.3. The van der Waals surface area contributed by atoms with Gasteiger partial charge < -0.3 is 5.73 Å². The Hall–Kier alpha value is -2.07. The maximum Gasteiger partial charge on any atom is 0.242 e. The van der Waals surface area contributed by atoms with Gasteiger partial charge in [0, 0.05) is 12.2 Å². The number of nitriles is 1. The van der Waals surface area contributed by atoms with Crippen molar-refractivity contribution in [3.05, 3.63) is 58.6 Å². The highest BCUT2D eigenvalue weighted by Crippen LogP contribution is 2.22. The average molecular weight is 322 g/mol. The molecule has 0 aliphatic carbocycles. The Morgan fingerprint density at radius 3 is 2.62 bits per heavy atom. The molecule has 0 spiro atoms. The molecule has 0 saturated heterocycles. The summed E-state index contributed by atoms with van der Waals surface area (Å²) >= 11 is 5.91. The maximum atomic E-state index is 12.2. The van der Waals surface area contributed by atoms with Gasteiger partial charge in [0.25, 0.3) is 0 Å². The highest BCUT2D eigenvalue weighted by Gasteiger charge is 2.17. The molecule has 2 aromatic carbocycles. The quantitative estimate of drug-likeness (QED) is 0.844. The fourth-order valence-corrected chi connectivity index (χ4v) is 3.31. The minimum absolute atomic E-state index is 0.00845. The van der Waals surface area contributed by atoms with E-state index in [4.69, 9.17) is 22.6 Å². The molecule has 0 bridgehead atoms. The van der Waals surface area contributed by atoms with Crippen molar-refractivity contribution in [2.75, 3.05) is 5.73 Å². The molecule has 21 heavy (non-hydrogen) atoms. The number of anilines is 1. The van der Waals surface area contributed by atoms with Crippen LogP contribution in [-0.2, 0) is 16.6 Å². The van der Waals surface area contributed by atoms with E-state index in [2.05, 4.69) is 4.72 Å². The first-order valence-electron chi connectivity index (χ1n) is 5.96. The van der Waals surface area contributed by atoms with Crippen molar-refractivity contribution in [1.82, 2.24) is 4.72 Å². The van der Waals surface area contributed by atoms with Crippen molar-refractivity contribution in [2.45, 2.75) is 11.4 Å². The molecule has 5 nitrogen and oxygen atoms in total. The molecule has 0 aromatic heterocycles. The van der Waals surface area contributed by atoms with Crippen molar-refractivity contribution in [3.8, 4) is 6.07 Å². The molecular formula is C14H12ClN3O2S. The third-order valence-electron chi connectivity index (χ3n) is 2.77. The van der Waals surface area contributed by atoms with Gasteiger partial charge in [-0.25, -0.2) is 13.1 Å². The Bertz CT molecular complexity index is 813. The van der Waals surface area contributed by atoms with Crippen molar-refractivity contribution in [1.29, 1.82) is 5.26 Å². The molecule has 0 aliphatic heterocycles. The second-order valence-electron chi connectivity index (χ2n) is 4.33. The molecule has 108 valence electrons. The molecule has 3 N–H and O–H groups in total. The predicted molar refractivity (Wildman–Crippen MR) is 81.0 cm³/mol. The zero-order valence-corrected chi connectivity index (χ0v) is 12.4. The van der Waals surface area contributed by atoms with Gasteiger partial charge in [-0.2, -0.15) is 5.26 Å². The number of rotatable bonds is 4. The second-order valence-corrected chi connectivity index (χ2v) is 6.47. The van der Waals surface area contributed by atoms with Gasteiger partial charge in [0.15, 0.2) is 0 Å². The first-order valence-corrected chi connectivity index (χ1v) is 7.82. The van der Waals surface area contributed by atoms with E-state index in [0.29, 0.717) is 11.3 Å². The number of hydrogen-bond donors (Lipinski definition) is 2. The fourth-order valence-electron chi connectivity index (χ4n) is 1.75. The van der Waals surface area contributed by atoms with E-state index in [9.17, 15) is 8.42 Å². The zero-order valence-electron chi connectivity index (χ0n) is 10.9. The van der Waals surface area contributed by atoms with Gasteiger partial charge in [-0.1, -0.05) is 23.7 Å². The normalized spacial score (nSPS) is 11.0. The van der Waals surface area contributed by atoms with Crippen LogP contribution in [0.4, 0.5) is 5.69 Å². The topological polar surface area (TPSA) is 96.0 Å². The Labute approximate surface area is 128 Å². The molecule has 0 radical (unpaired) electrons. The van der Waals surface area contributed by atoms with Crippen LogP contribution in [-0.4, -0.2) is 8.42 Å². The van der Waals surface area contributed by atoms with Crippen LogP contribution < -0.4 is 10.5 Å². The van der Waals surface area contributed by atoms with Crippen LogP contribution in [0, 0.1) is 11.3 Å². The highest BCUT2D eigenvalue weighted by atomic mass is 35.5. The zero-order chi connectivity index (χ0) is 15.5. The number of nitrogens with zero attached hydrogens (tertiary/aromatic N) is 1. The van der Waals surface area contributed by atoms with Crippen LogP contribution in [0.2, 0.25) is 5.02 Å². The number of nitrogens with two attached hydrogens (primary N) is 1. The number of benzene rings is 2. The van der Waals surface area contributed by atoms with Crippen LogP contribution in [0.3, 0.4) is 0 Å². The van der Waals surface area contributed by atoms with Crippen LogP contribution in [0.15, 0.2) is 47.4 Å². The smallest absolute Gasteiger partial charge is 0.242 e. The summed E-state index contributed by atoms with van der Waals surface area (Å²) in [6.45, 7) is 0.101. The fraction of sp³-hybridized carbons (Fsp3) is 0.0714. The number of halogens is 1. The van der Waals surface area contributed by atoms with E-state index in [1.807, 2.05) is 6.07 Å². The van der Waals surface area contributed by atoms with E-state index in [0.717, 1.165) is 5.56 Å². The van der Waals surface area contributed by atoms with Crippen molar-refractivity contribution >= 4 is 27.3 Å². The van der Waals surface area contributed by atoms with E-state index in [1.165, 1.54) is 18.2 Å². The molecule has 0 unspecified atom stereocenters. The summed E-state index contributed by atoms with van der Waals surface area (Å²) in [5.41, 5.74) is 7.23. The standard InChI is InChI=1S/C14H12ClN3O2S/c15-13-7-10(8-16)4-5-14(13)21(19,20)18-9-11-2-1-3-12(17)6-11/h1-7,18H,9,17H2. The predicted octanol–water partition coefficient (Wildman–Crippen LogP) is 2.27. The highest BCUT2D eigenvalue weighted by molar-refractivity contribution is 7.89. The summed E-state index contributed by atoms with van der Waals surface area (Å²) in [5, 5.41) is 8.76. The molecule has 2 rings (SSSR count).